The molecule has 1 rings (SSSR count). The summed E-state index contributed by atoms with van der Waals surface area (Å²) in [5.41, 5.74) is 3.62. The summed E-state index contributed by atoms with van der Waals surface area (Å²) in [7, 11) is 3.28. The van der Waals surface area contributed by atoms with Crippen LogP contribution in [0, 0.1) is 13.8 Å². The van der Waals surface area contributed by atoms with Gasteiger partial charge >= 0.3 is 0 Å². The van der Waals surface area contributed by atoms with Gasteiger partial charge in [-0.2, -0.15) is 0 Å². The number of nitrogens with two attached hydrogens (primary N) is 1. The molecule has 0 aliphatic heterocycles. The highest BCUT2D eigenvalue weighted by atomic mass is 16.5. The zero-order valence-corrected chi connectivity index (χ0v) is 12.3. The van der Waals surface area contributed by atoms with Crippen molar-refractivity contribution in [2.24, 2.45) is 5.84 Å². The van der Waals surface area contributed by atoms with Gasteiger partial charge in [0.1, 0.15) is 5.75 Å². The first kappa shape index (κ1) is 15.5. The Balaban J connectivity index is 2.56. The van der Waals surface area contributed by atoms with Crippen LogP contribution in [0.1, 0.15) is 36.0 Å². The summed E-state index contributed by atoms with van der Waals surface area (Å²) in [5.74, 6) is 6.32. The molecule has 4 heteroatoms. The van der Waals surface area contributed by atoms with Gasteiger partial charge in [-0.15, -0.1) is 0 Å². The first-order chi connectivity index (χ1) is 8.95. The van der Waals surface area contributed by atoms with Crippen LogP contribution in [-0.4, -0.2) is 25.1 Å². The first-order valence-electron chi connectivity index (χ1n) is 6.61. The number of nitrogens with zero attached hydrogens (tertiary/aromatic N) is 1. The van der Waals surface area contributed by atoms with E-state index >= 15 is 0 Å². The lowest BCUT2D eigenvalue weighted by atomic mass is 10.0. The number of hydrogen-bond donors (Lipinski definition) is 1. The summed E-state index contributed by atoms with van der Waals surface area (Å²) in [4.78, 5) is 11.4. The number of hydrazine groups is 1. The summed E-state index contributed by atoms with van der Waals surface area (Å²) in [6, 6.07) is 4.28. The lowest BCUT2D eigenvalue weighted by Gasteiger charge is -2.13. The van der Waals surface area contributed by atoms with Crippen LogP contribution >= 0.6 is 0 Å². The average Bonchev–Trinajstić information content (AvgIpc) is 2.33. The number of hydrogen-bond acceptors (Lipinski definition) is 3. The molecule has 2 N–H and O–H groups in total. The number of ether oxygens (including phenoxy) is 1. The fourth-order valence-corrected chi connectivity index (χ4v) is 2.29. The molecule has 106 valence electrons. The molecule has 0 unspecified atom stereocenters. The fourth-order valence-electron chi connectivity index (χ4n) is 2.29. The Labute approximate surface area is 115 Å². The lowest BCUT2D eigenvalue weighted by molar-refractivity contribution is -0.130. The molecule has 1 aromatic rings. The van der Waals surface area contributed by atoms with E-state index in [9.17, 15) is 4.79 Å². The van der Waals surface area contributed by atoms with Gasteiger partial charge in [-0.25, -0.2) is 5.84 Å². The van der Waals surface area contributed by atoms with E-state index in [4.69, 9.17) is 10.6 Å². The maximum atomic E-state index is 11.4. The van der Waals surface area contributed by atoms with Crippen LogP contribution in [0.2, 0.25) is 0 Å². The summed E-state index contributed by atoms with van der Waals surface area (Å²) in [6.07, 6.45) is 3.22. The van der Waals surface area contributed by atoms with E-state index in [0.717, 1.165) is 35.6 Å². The van der Waals surface area contributed by atoms with Gasteiger partial charge in [-0.3, -0.25) is 9.80 Å². The second kappa shape index (κ2) is 7.14. The van der Waals surface area contributed by atoms with E-state index in [1.807, 2.05) is 0 Å². The van der Waals surface area contributed by atoms with Gasteiger partial charge in [0.05, 0.1) is 7.11 Å². The second-order valence-corrected chi connectivity index (χ2v) is 4.99. The number of carbonyl (C=O) groups is 1. The van der Waals surface area contributed by atoms with Gasteiger partial charge in [0.25, 0.3) is 0 Å². The largest absolute Gasteiger partial charge is 0.496 e. The van der Waals surface area contributed by atoms with E-state index in [1.54, 1.807) is 14.2 Å². The van der Waals surface area contributed by atoms with E-state index in [0.29, 0.717) is 6.42 Å². The minimum atomic E-state index is -0.0209. The molecule has 19 heavy (non-hydrogen) atoms. The molecule has 0 atom stereocenters. The number of aryl methyl sites for hydroxylation is 3. The number of rotatable bonds is 6. The summed E-state index contributed by atoms with van der Waals surface area (Å²) in [5, 5.41) is 1.15. The zero-order chi connectivity index (χ0) is 14.4. The minimum absolute atomic E-state index is 0.0209. The third-order valence-electron chi connectivity index (χ3n) is 3.18. The van der Waals surface area contributed by atoms with E-state index in [-0.39, 0.29) is 5.91 Å². The predicted octanol–water partition coefficient (Wildman–Crippen LogP) is 2.36. The van der Waals surface area contributed by atoms with Crippen molar-refractivity contribution in [1.82, 2.24) is 5.01 Å². The highest BCUT2D eigenvalue weighted by molar-refractivity contribution is 5.75. The van der Waals surface area contributed by atoms with Crippen molar-refractivity contribution in [1.29, 1.82) is 0 Å². The van der Waals surface area contributed by atoms with Crippen molar-refractivity contribution in [2.45, 2.75) is 39.5 Å². The first-order valence-corrected chi connectivity index (χ1v) is 6.61. The van der Waals surface area contributed by atoms with E-state index in [1.165, 1.54) is 11.1 Å². The van der Waals surface area contributed by atoms with Crippen LogP contribution in [0.5, 0.6) is 5.75 Å². The monoisotopic (exact) mass is 264 g/mol. The Hall–Kier alpha value is -1.55. The lowest BCUT2D eigenvalue weighted by Crippen LogP contribution is -2.32. The van der Waals surface area contributed by atoms with Crippen molar-refractivity contribution in [2.75, 3.05) is 14.2 Å². The SMILES string of the molecule is COc1c(C)cc(C)cc1CCCCC(=O)N(C)N. The molecule has 0 aliphatic carbocycles. The summed E-state index contributed by atoms with van der Waals surface area (Å²) in [6.45, 7) is 4.14. The highest BCUT2D eigenvalue weighted by Crippen LogP contribution is 2.26. The average molecular weight is 264 g/mol. The third-order valence-corrected chi connectivity index (χ3v) is 3.18. The Morgan fingerprint density at radius 2 is 2.00 bits per heavy atom. The van der Waals surface area contributed by atoms with Gasteiger partial charge in [-0.1, -0.05) is 17.7 Å². The molecule has 0 spiro atoms. The predicted molar refractivity (Wildman–Crippen MR) is 77.0 cm³/mol. The number of carbonyl (C=O) groups excluding carboxylic acids is 1. The molecule has 0 fully saturated rings. The van der Waals surface area contributed by atoms with E-state index < -0.39 is 0 Å². The van der Waals surface area contributed by atoms with Crippen LogP contribution < -0.4 is 10.6 Å². The summed E-state index contributed by atoms with van der Waals surface area (Å²) >= 11 is 0. The number of unbranched alkanes of at least 4 members (excludes halogenated alkanes) is 1. The van der Waals surface area contributed by atoms with Gasteiger partial charge < -0.3 is 4.74 Å². The molecule has 0 aromatic heterocycles. The number of methoxy groups -OCH3 is 1. The molecule has 0 bridgehead atoms. The minimum Gasteiger partial charge on any atom is -0.496 e. The van der Waals surface area contributed by atoms with Gasteiger partial charge in [-0.05, 0) is 44.2 Å². The maximum absolute atomic E-state index is 11.4. The Bertz CT molecular complexity index is 442. The van der Waals surface area contributed by atoms with Crippen molar-refractivity contribution in [3.05, 3.63) is 28.8 Å². The maximum Gasteiger partial charge on any atom is 0.236 e. The normalized spacial score (nSPS) is 10.4. The molecule has 0 heterocycles. The molecular formula is C15H24N2O2. The van der Waals surface area contributed by atoms with Crippen LogP contribution in [0.15, 0.2) is 12.1 Å². The Kier molecular flexibility index (Phi) is 5.83. The van der Waals surface area contributed by atoms with Crippen molar-refractivity contribution in [3.63, 3.8) is 0 Å². The van der Waals surface area contributed by atoms with E-state index in [2.05, 4.69) is 26.0 Å². The molecule has 4 nitrogen and oxygen atoms in total. The van der Waals surface area contributed by atoms with Crippen LogP contribution in [0.25, 0.3) is 0 Å². The molecule has 1 amide bonds. The smallest absolute Gasteiger partial charge is 0.236 e. The fraction of sp³-hybridized carbons (Fsp3) is 0.533. The molecule has 0 aliphatic rings. The number of benzene rings is 1. The van der Waals surface area contributed by atoms with Gasteiger partial charge in [0, 0.05) is 13.5 Å². The third kappa shape index (κ3) is 4.56. The van der Waals surface area contributed by atoms with Crippen LogP contribution in [0.4, 0.5) is 0 Å². The number of amides is 1. The topological polar surface area (TPSA) is 55.6 Å². The summed E-state index contributed by atoms with van der Waals surface area (Å²) < 4.78 is 5.45. The van der Waals surface area contributed by atoms with Gasteiger partial charge in [0.15, 0.2) is 0 Å². The van der Waals surface area contributed by atoms with Crippen molar-refractivity contribution >= 4 is 5.91 Å². The molecular weight excluding hydrogens is 240 g/mol. The van der Waals surface area contributed by atoms with Crippen LogP contribution in [-0.2, 0) is 11.2 Å². The van der Waals surface area contributed by atoms with Crippen molar-refractivity contribution < 1.29 is 9.53 Å². The molecule has 0 saturated heterocycles. The Morgan fingerprint density at radius 1 is 1.32 bits per heavy atom. The molecule has 1 aromatic carbocycles. The van der Waals surface area contributed by atoms with Crippen molar-refractivity contribution in [3.8, 4) is 5.75 Å². The quantitative estimate of drug-likeness (QED) is 0.371. The standard InChI is InChI=1S/C15H24N2O2/c1-11-9-12(2)15(19-4)13(10-11)7-5-6-8-14(18)17(3)16/h9-10H,5-8,16H2,1-4H3. The second-order valence-electron chi connectivity index (χ2n) is 4.99. The Morgan fingerprint density at radius 3 is 2.58 bits per heavy atom. The molecule has 0 radical (unpaired) electrons. The highest BCUT2D eigenvalue weighted by Gasteiger charge is 2.08. The van der Waals surface area contributed by atoms with Gasteiger partial charge in [0.2, 0.25) is 5.91 Å². The zero-order valence-electron chi connectivity index (χ0n) is 12.3. The molecule has 0 saturated carbocycles. The van der Waals surface area contributed by atoms with Crippen LogP contribution in [0.3, 0.4) is 0 Å².